The first-order valence-electron chi connectivity index (χ1n) is 4.48. The lowest BCUT2D eigenvalue weighted by Crippen LogP contribution is -1.81. The molecule has 0 bridgehead atoms. The van der Waals surface area contributed by atoms with Crippen molar-refractivity contribution in [3.05, 3.63) is 46.6 Å². The number of hydrogen-bond acceptors (Lipinski definition) is 1. The van der Waals surface area contributed by atoms with Gasteiger partial charge in [0.15, 0.2) is 0 Å². The Hall–Kier alpha value is -1.15. The Kier molecular flexibility index (Phi) is 2.64. The number of fused-ring (bicyclic) bond motifs is 1. The van der Waals surface area contributed by atoms with Gasteiger partial charge in [0, 0.05) is 16.1 Å². The molecule has 2 rings (SSSR count). The Labute approximate surface area is 91.6 Å². The summed E-state index contributed by atoms with van der Waals surface area (Å²) in [6.07, 6.45) is 5.95. The van der Waals surface area contributed by atoms with Crippen LogP contribution in [0.5, 0.6) is 0 Å². The molecule has 0 radical (unpaired) electrons. The third kappa shape index (κ3) is 1.70. The van der Waals surface area contributed by atoms with Crippen LogP contribution in [-0.4, -0.2) is 4.98 Å². The van der Waals surface area contributed by atoms with Crippen LogP contribution in [-0.2, 0) is 0 Å². The highest BCUT2D eigenvalue weighted by Crippen LogP contribution is 2.22. The second kappa shape index (κ2) is 3.93. The number of nitrogens with zero attached hydrogens (tertiary/aromatic N) is 1. The van der Waals surface area contributed by atoms with Crippen LogP contribution in [0.25, 0.3) is 17.0 Å². The molecule has 70 valence electrons. The van der Waals surface area contributed by atoms with Crippen LogP contribution < -0.4 is 0 Å². The highest BCUT2D eigenvalue weighted by atomic mass is 79.9. The lowest BCUT2D eigenvalue weighted by Gasteiger charge is -2.00. The van der Waals surface area contributed by atoms with Gasteiger partial charge in [-0.15, -0.1) is 0 Å². The molecule has 0 aliphatic carbocycles. The summed E-state index contributed by atoms with van der Waals surface area (Å²) in [5.41, 5.74) is 2.15. The first-order chi connectivity index (χ1) is 6.81. The summed E-state index contributed by atoms with van der Waals surface area (Å²) < 4.78 is 1.04. The largest absolute Gasteiger partial charge is 0.254 e. The smallest absolute Gasteiger partial charge is 0.0844 e. The van der Waals surface area contributed by atoms with Crippen molar-refractivity contribution < 1.29 is 0 Å². The molecule has 1 aromatic heterocycles. The van der Waals surface area contributed by atoms with Crippen LogP contribution in [0, 0.1) is 0 Å². The Balaban J connectivity index is 2.67. The average Bonchev–Trinajstić information content (AvgIpc) is 2.18. The average molecular weight is 248 g/mol. The van der Waals surface area contributed by atoms with Gasteiger partial charge in [-0.25, -0.2) is 0 Å². The third-order valence-corrected chi connectivity index (χ3v) is 2.68. The van der Waals surface area contributed by atoms with Crippen LogP contribution in [0.4, 0.5) is 0 Å². The van der Waals surface area contributed by atoms with Crippen molar-refractivity contribution in [1.29, 1.82) is 0 Å². The van der Waals surface area contributed by atoms with E-state index in [0.29, 0.717) is 0 Å². The zero-order valence-electron chi connectivity index (χ0n) is 7.87. The fraction of sp³-hybridized carbons (Fsp3) is 0.0833. The van der Waals surface area contributed by atoms with E-state index < -0.39 is 0 Å². The van der Waals surface area contributed by atoms with Crippen LogP contribution in [0.3, 0.4) is 0 Å². The van der Waals surface area contributed by atoms with E-state index in [0.717, 1.165) is 20.9 Å². The number of halogens is 1. The second-order valence-corrected chi connectivity index (χ2v) is 3.93. The van der Waals surface area contributed by atoms with Crippen LogP contribution in [0.2, 0.25) is 0 Å². The fourth-order valence-corrected chi connectivity index (χ4v) is 1.91. The quantitative estimate of drug-likeness (QED) is 0.742. The van der Waals surface area contributed by atoms with E-state index in [4.69, 9.17) is 0 Å². The molecule has 0 fully saturated rings. The summed E-state index contributed by atoms with van der Waals surface area (Å²) in [6.45, 7) is 2.01. The Bertz CT molecular complexity index is 489. The molecule has 0 N–H and O–H groups in total. The minimum atomic E-state index is 1.01. The fourth-order valence-electron chi connectivity index (χ4n) is 1.42. The Morgan fingerprint density at radius 1 is 1.36 bits per heavy atom. The van der Waals surface area contributed by atoms with Gasteiger partial charge in [0.1, 0.15) is 0 Å². The summed E-state index contributed by atoms with van der Waals surface area (Å²) in [7, 11) is 0. The first kappa shape index (κ1) is 9.41. The molecule has 0 saturated heterocycles. The minimum absolute atomic E-state index is 1.01. The summed E-state index contributed by atoms with van der Waals surface area (Å²) in [4.78, 5) is 4.40. The van der Waals surface area contributed by atoms with Crippen molar-refractivity contribution in [3.8, 4) is 0 Å². The Morgan fingerprint density at radius 3 is 3.00 bits per heavy atom. The SMILES string of the molecule is CC=Cc1cnc2c(Br)cccc2c1. The number of para-hydroxylation sites is 1. The number of hydrogen-bond donors (Lipinski definition) is 0. The van der Waals surface area contributed by atoms with Crippen LogP contribution in [0.1, 0.15) is 12.5 Å². The van der Waals surface area contributed by atoms with Gasteiger partial charge >= 0.3 is 0 Å². The molecule has 2 heteroatoms. The highest BCUT2D eigenvalue weighted by Gasteiger charge is 1.98. The molecule has 1 heterocycles. The minimum Gasteiger partial charge on any atom is -0.254 e. The molecule has 0 atom stereocenters. The second-order valence-electron chi connectivity index (χ2n) is 3.08. The number of benzene rings is 1. The van der Waals surface area contributed by atoms with E-state index in [1.165, 1.54) is 0 Å². The van der Waals surface area contributed by atoms with Crippen LogP contribution in [0.15, 0.2) is 41.0 Å². The van der Waals surface area contributed by atoms with E-state index in [1.54, 1.807) is 0 Å². The molecule has 2 aromatic rings. The number of aromatic nitrogens is 1. The zero-order chi connectivity index (χ0) is 9.97. The maximum Gasteiger partial charge on any atom is 0.0844 e. The normalized spacial score (nSPS) is 11.3. The van der Waals surface area contributed by atoms with Gasteiger partial charge < -0.3 is 0 Å². The summed E-state index contributed by atoms with van der Waals surface area (Å²) in [5, 5.41) is 1.16. The van der Waals surface area contributed by atoms with Crippen LogP contribution >= 0.6 is 15.9 Å². The standard InChI is InChI=1S/C12H10BrN/c1-2-4-9-7-10-5-3-6-11(13)12(10)14-8-9/h2-8H,1H3. The number of rotatable bonds is 1. The molecular formula is C12H10BrN. The summed E-state index contributed by atoms with van der Waals surface area (Å²) in [5.74, 6) is 0. The molecule has 0 aliphatic heterocycles. The number of allylic oxidation sites excluding steroid dienone is 1. The predicted octanol–water partition coefficient (Wildman–Crippen LogP) is 4.03. The van der Waals surface area contributed by atoms with Gasteiger partial charge in [-0.3, -0.25) is 4.98 Å². The van der Waals surface area contributed by atoms with Gasteiger partial charge in [0.25, 0.3) is 0 Å². The topological polar surface area (TPSA) is 12.9 Å². The predicted molar refractivity (Wildman–Crippen MR) is 64.2 cm³/mol. The van der Waals surface area contributed by atoms with Gasteiger partial charge in [0.2, 0.25) is 0 Å². The Morgan fingerprint density at radius 2 is 2.21 bits per heavy atom. The molecule has 14 heavy (non-hydrogen) atoms. The molecule has 1 aromatic carbocycles. The van der Waals surface area contributed by atoms with Crippen molar-refractivity contribution >= 4 is 32.9 Å². The third-order valence-electron chi connectivity index (χ3n) is 2.04. The van der Waals surface area contributed by atoms with E-state index >= 15 is 0 Å². The van der Waals surface area contributed by atoms with Crippen molar-refractivity contribution in [1.82, 2.24) is 4.98 Å². The van der Waals surface area contributed by atoms with Gasteiger partial charge in [-0.05, 0) is 40.5 Å². The number of pyridine rings is 1. The van der Waals surface area contributed by atoms with E-state index in [9.17, 15) is 0 Å². The van der Waals surface area contributed by atoms with Crippen molar-refractivity contribution in [2.45, 2.75) is 6.92 Å². The molecular weight excluding hydrogens is 238 g/mol. The lowest BCUT2D eigenvalue weighted by atomic mass is 10.1. The molecule has 0 amide bonds. The summed E-state index contributed by atoms with van der Waals surface area (Å²) in [6, 6.07) is 8.23. The zero-order valence-corrected chi connectivity index (χ0v) is 9.45. The maximum absolute atomic E-state index is 4.40. The molecule has 0 aliphatic rings. The van der Waals surface area contributed by atoms with Gasteiger partial charge in [-0.1, -0.05) is 24.3 Å². The van der Waals surface area contributed by atoms with Crippen molar-refractivity contribution in [2.24, 2.45) is 0 Å². The van der Waals surface area contributed by atoms with Gasteiger partial charge in [-0.2, -0.15) is 0 Å². The monoisotopic (exact) mass is 247 g/mol. The molecule has 0 saturated carbocycles. The maximum atomic E-state index is 4.40. The molecule has 1 nitrogen and oxygen atoms in total. The van der Waals surface area contributed by atoms with Gasteiger partial charge in [0.05, 0.1) is 5.52 Å². The van der Waals surface area contributed by atoms with Crippen molar-refractivity contribution in [2.75, 3.05) is 0 Å². The lowest BCUT2D eigenvalue weighted by molar-refractivity contribution is 1.39. The van der Waals surface area contributed by atoms with E-state index in [-0.39, 0.29) is 0 Å². The van der Waals surface area contributed by atoms with E-state index in [2.05, 4.69) is 33.0 Å². The molecule has 0 spiro atoms. The first-order valence-corrected chi connectivity index (χ1v) is 5.27. The van der Waals surface area contributed by atoms with Crippen molar-refractivity contribution in [3.63, 3.8) is 0 Å². The summed E-state index contributed by atoms with van der Waals surface area (Å²) >= 11 is 3.48. The molecule has 0 unspecified atom stereocenters. The van der Waals surface area contributed by atoms with E-state index in [1.807, 2.05) is 37.4 Å². The highest BCUT2D eigenvalue weighted by molar-refractivity contribution is 9.10.